The number of hydrogen-bond donors (Lipinski definition) is 1. The molecule has 0 aliphatic carbocycles. The van der Waals surface area contributed by atoms with Crippen LogP contribution in [0.3, 0.4) is 0 Å². The van der Waals surface area contributed by atoms with Gasteiger partial charge in [0.1, 0.15) is 13.2 Å². The van der Waals surface area contributed by atoms with Gasteiger partial charge in [0.25, 0.3) is 5.91 Å². The fourth-order valence-electron chi connectivity index (χ4n) is 3.19. The molecule has 1 N–H and O–H groups in total. The Morgan fingerprint density at radius 1 is 1.33 bits per heavy atom. The maximum Gasteiger partial charge on any atom is 0.251 e. The van der Waals surface area contributed by atoms with Gasteiger partial charge < -0.3 is 14.8 Å². The van der Waals surface area contributed by atoms with Gasteiger partial charge in [-0.25, -0.2) is 0 Å². The third kappa shape index (κ3) is 4.09. The fourth-order valence-corrected chi connectivity index (χ4v) is 3.19. The van der Waals surface area contributed by atoms with Crippen LogP contribution in [0.1, 0.15) is 30.6 Å². The first-order valence-electron chi connectivity index (χ1n) is 8.67. The zero-order valence-electron chi connectivity index (χ0n) is 14.5. The highest BCUT2D eigenvalue weighted by atomic mass is 16.6. The van der Waals surface area contributed by atoms with Crippen molar-refractivity contribution in [3.63, 3.8) is 0 Å². The highest BCUT2D eigenvalue weighted by Gasteiger charge is 2.23. The number of likely N-dealkylation sites (tertiary alicyclic amines) is 1. The minimum absolute atomic E-state index is 0.0462. The Hall–Kier alpha value is -2.01. The van der Waals surface area contributed by atoms with Gasteiger partial charge in [-0.15, -0.1) is 0 Å². The average molecular weight is 330 g/mol. The second-order valence-corrected chi connectivity index (χ2v) is 6.59. The molecule has 0 aromatic heterocycles. The van der Waals surface area contributed by atoms with Gasteiger partial charge in [-0.2, -0.15) is 0 Å². The van der Waals surface area contributed by atoms with E-state index < -0.39 is 0 Å². The molecular weight excluding hydrogens is 304 g/mol. The molecule has 130 valence electrons. The van der Waals surface area contributed by atoms with E-state index in [4.69, 9.17) is 9.47 Å². The van der Waals surface area contributed by atoms with Crippen molar-refractivity contribution >= 4 is 5.91 Å². The summed E-state index contributed by atoms with van der Waals surface area (Å²) >= 11 is 0. The van der Waals surface area contributed by atoms with Gasteiger partial charge >= 0.3 is 0 Å². The van der Waals surface area contributed by atoms with Crippen molar-refractivity contribution in [2.75, 3.05) is 39.4 Å². The Morgan fingerprint density at radius 3 is 2.92 bits per heavy atom. The zero-order valence-corrected chi connectivity index (χ0v) is 14.5. The third-order valence-corrected chi connectivity index (χ3v) is 4.69. The Kier molecular flexibility index (Phi) is 5.41. The summed E-state index contributed by atoms with van der Waals surface area (Å²) in [4.78, 5) is 14.8. The number of hydrogen-bond acceptors (Lipinski definition) is 4. The quantitative estimate of drug-likeness (QED) is 0.843. The van der Waals surface area contributed by atoms with Crippen molar-refractivity contribution in [1.82, 2.24) is 10.2 Å². The summed E-state index contributed by atoms with van der Waals surface area (Å²) in [6.07, 6.45) is 3.30. The SMILES string of the molecule is CC=C(C)CN1CCC(CNC(=O)c2ccc3c(c2)OCCO3)C1. The fraction of sp³-hybridized carbons (Fsp3) is 0.526. The van der Waals surface area contributed by atoms with E-state index in [0.717, 1.165) is 32.6 Å². The summed E-state index contributed by atoms with van der Waals surface area (Å²) in [5.41, 5.74) is 2.02. The summed E-state index contributed by atoms with van der Waals surface area (Å²) in [7, 11) is 0. The summed E-state index contributed by atoms with van der Waals surface area (Å²) in [5.74, 6) is 1.84. The molecule has 0 spiro atoms. The summed E-state index contributed by atoms with van der Waals surface area (Å²) in [5, 5.41) is 3.06. The molecule has 24 heavy (non-hydrogen) atoms. The van der Waals surface area contributed by atoms with Crippen molar-refractivity contribution in [1.29, 1.82) is 0 Å². The number of rotatable bonds is 5. The first-order valence-corrected chi connectivity index (χ1v) is 8.67. The highest BCUT2D eigenvalue weighted by Crippen LogP contribution is 2.30. The van der Waals surface area contributed by atoms with E-state index in [1.165, 1.54) is 5.57 Å². The van der Waals surface area contributed by atoms with Crippen LogP contribution in [0.2, 0.25) is 0 Å². The largest absolute Gasteiger partial charge is 0.486 e. The number of carbonyl (C=O) groups is 1. The lowest BCUT2D eigenvalue weighted by molar-refractivity contribution is 0.0946. The number of carbonyl (C=O) groups excluding carboxylic acids is 1. The smallest absolute Gasteiger partial charge is 0.251 e. The molecule has 3 rings (SSSR count). The van der Waals surface area contributed by atoms with Crippen LogP contribution >= 0.6 is 0 Å². The van der Waals surface area contributed by atoms with E-state index in [-0.39, 0.29) is 5.91 Å². The van der Waals surface area contributed by atoms with Crippen LogP contribution in [-0.4, -0.2) is 50.2 Å². The lowest BCUT2D eigenvalue weighted by atomic mass is 10.1. The predicted molar refractivity (Wildman–Crippen MR) is 93.7 cm³/mol. The molecule has 5 heteroatoms. The highest BCUT2D eigenvalue weighted by molar-refractivity contribution is 5.94. The molecule has 1 saturated heterocycles. The first kappa shape index (κ1) is 16.8. The number of amides is 1. The van der Waals surface area contributed by atoms with Gasteiger partial charge in [0.15, 0.2) is 11.5 Å². The molecule has 2 aliphatic rings. The number of nitrogens with zero attached hydrogens (tertiary/aromatic N) is 1. The van der Waals surface area contributed by atoms with E-state index in [9.17, 15) is 4.79 Å². The molecule has 1 aromatic carbocycles. The lowest BCUT2D eigenvalue weighted by Gasteiger charge is -2.19. The summed E-state index contributed by atoms with van der Waals surface area (Å²) in [6.45, 7) is 9.24. The van der Waals surface area contributed by atoms with Crippen molar-refractivity contribution in [2.24, 2.45) is 5.92 Å². The summed E-state index contributed by atoms with van der Waals surface area (Å²) in [6, 6.07) is 5.36. The Balaban J connectivity index is 1.49. The molecule has 1 unspecified atom stereocenters. The Morgan fingerprint density at radius 2 is 2.12 bits per heavy atom. The van der Waals surface area contributed by atoms with Crippen molar-refractivity contribution < 1.29 is 14.3 Å². The van der Waals surface area contributed by atoms with Crippen molar-refractivity contribution in [3.8, 4) is 11.5 Å². The first-order chi connectivity index (χ1) is 11.7. The number of fused-ring (bicyclic) bond motifs is 1. The molecule has 1 aromatic rings. The second kappa shape index (κ2) is 7.71. The van der Waals surface area contributed by atoms with Gasteiger partial charge in [-0.3, -0.25) is 9.69 Å². The van der Waals surface area contributed by atoms with Crippen LogP contribution in [0.5, 0.6) is 11.5 Å². The number of allylic oxidation sites excluding steroid dienone is 1. The number of ether oxygens (including phenoxy) is 2. The summed E-state index contributed by atoms with van der Waals surface area (Å²) < 4.78 is 11.0. The van der Waals surface area contributed by atoms with E-state index >= 15 is 0 Å². The van der Waals surface area contributed by atoms with E-state index in [1.54, 1.807) is 18.2 Å². The molecule has 1 amide bonds. The van der Waals surface area contributed by atoms with Gasteiger partial charge in [0, 0.05) is 25.2 Å². The third-order valence-electron chi connectivity index (χ3n) is 4.69. The Bertz CT molecular complexity index is 627. The maximum atomic E-state index is 12.4. The van der Waals surface area contributed by atoms with Gasteiger partial charge in [0.2, 0.25) is 0 Å². The van der Waals surface area contributed by atoms with Crippen molar-refractivity contribution in [2.45, 2.75) is 20.3 Å². The molecule has 1 fully saturated rings. The monoisotopic (exact) mass is 330 g/mol. The standard InChI is InChI=1S/C19H26N2O3/c1-3-14(2)12-21-7-6-15(13-21)11-20-19(22)16-4-5-17-18(10-16)24-9-8-23-17/h3-5,10,15H,6-9,11-13H2,1-2H3,(H,20,22). The van der Waals surface area contributed by atoms with Crippen LogP contribution in [0.15, 0.2) is 29.8 Å². The van der Waals surface area contributed by atoms with E-state index in [2.05, 4.69) is 30.1 Å². The average Bonchev–Trinajstić information content (AvgIpc) is 3.06. The van der Waals surface area contributed by atoms with Crippen LogP contribution in [-0.2, 0) is 0 Å². The van der Waals surface area contributed by atoms with Crippen LogP contribution in [0.4, 0.5) is 0 Å². The number of nitrogens with one attached hydrogen (secondary N) is 1. The molecular formula is C19H26N2O3. The van der Waals surface area contributed by atoms with Crippen LogP contribution < -0.4 is 14.8 Å². The topological polar surface area (TPSA) is 50.8 Å². The second-order valence-electron chi connectivity index (χ2n) is 6.59. The maximum absolute atomic E-state index is 12.4. The molecule has 2 heterocycles. The van der Waals surface area contributed by atoms with E-state index in [0.29, 0.717) is 36.2 Å². The van der Waals surface area contributed by atoms with Crippen LogP contribution in [0.25, 0.3) is 0 Å². The molecule has 0 saturated carbocycles. The molecule has 1 atom stereocenters. The van der Waals surface area contributed by atoms with Gasteiger partial charge in [-0.1, -0.05) is 11.6 Å². The zero-order chi connectivity index (χ0) is 16.9. The molecule has 2 aliphatic heterocycles. The lowest BCUT2D eigenvalue weighted by Crippen LogP contribution is -2.31. The minimum atomic E-state index is -0.0462. The van der Waals surface area contributed by atoms with Gasteiger partial charge in [0.05, 0.1) is 0 Å². The molecule has 0 bridgehead atoms. The van der Waals surface area contributed by atoms with Crippen LogP contribution in [0, 0.1) is 5.92 Å². The van der Waals surface area contributed by atoms with Crippen molar-refractivity contribution in [3.05, 3.63) is 35.4 Å². The normalized spacial score (nSPS) is 20.9. The van der Waals surface area contributed by atoms with E-state index in [1.807, 2.05) is 0 Å². The Labute approximate surface area is 143 Å². The molecule has 5 nitrogen and oxygen atoms in total. The minimum Gasteiger partial charge on any atom is -0.486 e. The predicted octanol–water partition coefficient (Wildman–Crippen LogP) is 2.48. The number of benzene rings is 1. The molecule has 0 radical (unpaired) electrons. The van der Waals surface area contributed by atoms with Gasteiger partial charge in [-0.05, 0) is 50.9 Å².